The lowest BCUT2D eigenvalue weighted by molar-refractivity contribution is -0.127. The van der Waals surface area contributed by atoms with Gasteiger partial charge < -0.3 is 10.2 Å². The summed E-state index contributed by atoms with van der Waals surface area (Å²) < 4.78 is 1.90. The molecule has 2 aromatic heterocycles. The average molecular weight is 398 g/mol. The number of hydrogen-bond acceptors (Lipinski definition) is 4. The van der Waals surface area contributed by atoms with Crippen LogP contribution in [0.2, 0.25) is 0 Å². The molecule has 0 bridgehead atoms. The predicted octanol–water partition coefficient (Wildman–Crippen LogP) is 2.85. The van der Waals surface area contributed by atoms with Crippen molar-refractivity contribution in [3.05, 3.63) is 24.0 Å². The standard InChI is InChI=1S/C22H31N5O2/c1-16(28)26-12-9-18(15-26)21-19-8-5-10-24-22(19)27(25-21)13-11-23-20(29)14-17-6-3-2-4-7-17/h5,8,10,17-18H,2-4,6-7,9,11-15H2,1H3,(H,23,29)/t18-/m0/s1. The Balaban J connectivity index is 1.39. The molecule has 2 fully saturated rings. The van der Waals surface area contributed by atoms with Gasteiger partial charge in [-0.1, -0.05) is 19.3 Å². The van der Waals surface area contributed by atoms with Gasteiger partial charge in [-0.3, -0.25) is 9.59 Å². The maximum absolute atomic E-state index is 12.3. The summed E-state index contributed by atoms with van der Waals surface area (Å²) in [5.41, 5.74) is 1.87. The molecule has 1 aliphatic heterocycles. The first-order valence-corrected chi connectivity index (χ1v) is 11.0. The summed E-state index contributed by atoms with van der Waals surface area (Å²) in [5.74, 6) is 1.06. The monoisotopic (exact) mass is 397 g/mol. The lowest BCUT2D eigenvalue weighted by Crippen LogP contribution is -2.29. The smallest absolute Gasteiger partial charge is 0.220 e. The van der Waals surface area contributed by atoms with E-state index in [0.29, 0.717) is 32.0 Å². The number of fused-ring (bicyclic) bond motifs is 1. The molecule has 1 aliphatic carbocycles. The van der Waals surface area contributed by atoms with Crippen LogP contribution in [0, 0.1) is 5.92 Å². The Morgan fingerprint density at radius 1 is 1.21 bits per heavy atom. The first-order valence-electron chi connectivity index (χ1n) is 11.0. The van der Waals surface area contributed by atoms with Gasteiger partial charge in [-0.2, -0.15) is 5.10 Å². The van der Waals surface area contributed by atoms with Crippen molar-refractivity contribution in [2.45, 2.75) is 64.3 Å². The van der Waals surface area contributed by atoms with Gasteiger partial charge >= 0.3 is 0 Å². The van der Waals surface area contributed by atoms with Crippen LogP contribution in [0.25, 0.3) is 11.0 Å². The number of pyridine rings is 1. The molecule has 7 heteroatoms. The number of likely N-dealkylation sites (tertiary alicyclic amines) is 1. The number of carbonyl (C=O) groups is 2. The molecule has 0 radical (unpaired) electrons. The van der Waals surface area contributed by atoms with Gasteiger partial charge in [0.1, 0.15) is 0 Å². The second-order valence-corrected chi connectivity index (χ2v) is 8.49. The van der Waals surface area contributed by atoms with E-state index >= 15 is 0 Å². The van der Waals surface area contributed by atoms with Crippen molar-refractivity contribution in [2.24, 2.45) is 5.92 Å². The molecule has 0 unspecified atom stereocenters. The van der Waals surface area contributed by atoms with E-state index in [1.54, 1.807) is 13.1 Å². The van der Waals surface area contributed by atoms with E-state index in [9.17, 15) is 9.59 Å². The lowest BCUT2D eigenvalue weighted by atomic mass is 9.87. The van der Waals surface area contributed by atoms with Crippen molar-refractivity contribution in [1.82, 2.24) is 25.0 Å². The highest BCUT2D eigenvalue weighted by Gasteiger charge is 2.29. The molecule has 0 aromatic carbocycles. The molecule has 1 saturated heterocycles. The first kappa shape index (κ1) is 19.9. The molecule has 156 valence electrons. The summed E-state index contributed by atoms with van der Waals surface area (Å²) in [6.07, 6.45) is 9.55. The third-order valence-corrected chi connectivity index (χ3v) is 6.40. The Bertz CT molecular complexity index is 871. The zero-order valence-corrected chi connectivity index (χ0v) is 17.3. The molecule has 2 aliphatic rings. The van der Waals surface area contributed by atoms with Crippen molar-refractivity contribution in [2.75, 3.05) is 19.6 Å². The van der Waals surface area contributed by atoms with Crippen molar-refractivity contribution in [1.29, 1.82) is 0 Å². The largest absolute Gasteiger partial charge is 0.354 e. The topological polar surface area (TPSA) is 80.1 Å². The zero-order chi connectivity index (χ0) is 20.2. The van der Waals surface area contributed by atoms with Crippen LogP contribution in [0.5, 0.6) is 0 Å². The molecule has 1 N–H and O–H groups in total. The summed E-state index contributed by atoms with van der Waals surface area (Å²) in [4.78, 5) is 30.4. The molecule has 3 heterocycles. The molecule has 2 aromatic rings. The third-order valence-electron chi connectivity index (χ3n) is 6.40. The van der Waals surface area contributed by atoms with E-state index in [-0.39, 0.29) is 17.7 Å². The molecule has 29 heavy (non-hydrogen) atoms. The molecule has 7 nitrogen and oxygen atoms in total. The van der Waals surface area contributed by atoms with Gasteiger partial charge in [0.2, 0.25) is 11.8 Å². The van der Waals surface area contributed by atoms with Crippen molar-refractivity contribution in [3.63, 3.8) is 0 Å². The van der Waals surface area contributed by atoms with Gasteiger partial charge in [0.25, 0.3) is 0 Å². The minimum Gasteiger partial charge on any atom is -0.354 e. The number of amides is 2. The van der Waals surface area contributed by atoms with Crippen LogP contribution in [0.3, 0.4) is 0 Å². The van der Waals surface area contributed by atoms with Crippen LogP contribution in [0.1, 0.15) is 63.5 Å². The number of nitrogens with one attached hydrogen (secondary N) is 1. The second-order valence-electron chi connectivity index (χ2n) is 8.49. The van der Waals surface area contributed by atoms with E-state index in [0.717, 1.165) is 29.7 Å². The van der Waals surface area contributed by atoms with E-state index in [1.807, 2.05) is 15.6 Å². The average Bonchev–Trinajstić information content (AvgIpc) is 3.34. The van der Waals surface area contributed by atoms with E-state index in [1.165, 1.54) is 32.1 Å². The van der Waals surface area contributed by atoms with Crippen LogP contribution >= 0.6 is 0 Å². The van der Waals surface area contributed by atoms with Gasteiger partial charge in [0.15, 0.2) is 5.65 Å². The zero-order valence-electron chi connectivity index (χ0n) is 17.3. The van der Waals surface area contributed by atoms with Crippen molar-refractivity contribution >= 4 is 22.8 Å². The molecule has 1 saturated carbocycles. The number of aromatic nitrogens is 3. The molecular weight excluding hydrogens is 366 g/mol. The van der Waals surface area contributed by atoms with Crippen LogP contribution < -0.4 is 5.32 Å². The third kappa shape index (κ3) is 4.60. The normalized spacial score (nSPS) is 20.3. The maximum Gasteiger partial charge on any atom is 0.220 e. The lowest BCUT2D eigenvalue weighted by Gasteiger charge is -2.20. The van der Waals surface area contributed by atoms with E-state index in [2.05, 4.69) is 16.4 Å². The maximum atomic E-state index is 12.3. The highest BCUT2D eigenvalue weighted by molar-refractivity contribution is 5.79. The van der Waals surface area contributed by atoms with Crippen LogP contribution in [0.4, 0.5) is 0 Å². The SMILES string of the molecule is CC(=O)N1CC[C@H](c2nn(CCNC(=O)CC3CCCCC3)c3ncccc23)C1. The quantitative estimate of drug-likeness (QED) is 0.813. The fourth-order valence-electron chi connectivity index (χ4n) is 4.79. The summed E-state index contributed by atoms with van der Waals surface area (Å²) in [6, 6.07) is 3.99. The molecule has 0 spiro atoms. The first-order chi connectivity index (χ1) is 14.1. The fraction of sp³-hybridized carbons (Fsp3) is 0.636. The van der Waals surface area contributed by atoms with Gasteiger partial charge in [0, 0.05) is 50.5 Å². The Kier molecular flexibility index (Phi) is 6.11. The number of rotatable bonds is 6. The summed E-state index contributed by atoms with van der Waals surface area (Å²) >= 11 is 0. The Labute approximate surface area is 171 Å². The molecule has 2 amide bonds. The minimum absolute atomic E-state index is 0.120. The number of nitrogens with zero attached hydrogens (tertiary/aromatic N) is 4. The Morgan fingerprint density at radius 3 is 2.79 bits per heavy atom. The molecule has 1 atom stereocenters. The number of carbonyl (C=O) groups excluding carboxylic acids is 2. The van der Waals surface area contributed by atoms with E-state index < -0.39 is 0 Å². The molecular formula is C22H31N5O2. The van der Waals surface area contributed by atoms with Crippen molar-refractivity contribution < 1.29 is 9.59 Å². The molecule has 4 rings (SSSR count). The van der Waals surface area contributed by atoms with Gasteiger partial charge in [-0.25, -0.2) is 9.67 Å². The minimum atomic E-state index is 0.120. The van der Waals surface area contributed by atoms with Crippen LogP contribution in [-0.4, -0.2) is 51.1 Å². The highest BCUT2D eigenvalue weighted by atomic mass is 16.2. The summed E-state index contributed by atoms with van der Waals surface area (Å²) in [6.45, 7) is 4.28. The summed E-state index contributed by atoms with van der Waals surface area (Å²) in [7, 11) is 0. The summed E-state index contributed by atoms with van der Waals surface area (Å²) in [5, 5.41) is 8.96. The van der Waals surface area contributed by atoms with Crippen LogP contribution in [0.15, 0.2) is 18.3 Å². The Hall–Kier alpha value is -2.44. The second kappa shape index (κ2) is 8.93. The van der Waals surface area contributed by atoms with Crippen LogP contribution in [-0.2, 0) is 16.1 Å². The highest BCUT2D eigenvalue weighted by Crippen LogP contribution is 2.31. The predicted molar refractivity (Wildman–Crippen MR) is 111 cm³/mol. The van der Waals surface area contributed by atoms with Gasteiger partial charge in [-0.15, -0.1) is 0 Å². The number of hydrogen-bond donors (Lipinski definition) is 1. The van der Waals surface area contributed by atoms with Gasteiger partial charge in [-0.05, 0) is 37.3 Å². The Morgan fingerprint density at radius 2 is 2.03 bits per heavy atom. The fourth-order valence-corrected chi connectivity index (χ4v) is 4.79. The van der Waals surface area contributed by atoms with Crippen molar-refractivity contribution in [3.8, 4) is 0 Å². The van der Waals surface area contributed by atoms with E-state index in [4.69, 9.17) is 5.10 Å². The van der Waals surface area contributed by atoms with Gasteiger partial charge in [0.05, 0.1) is 12.2 Å².